The highest BCUT2D eigenvalue weighted by atomic mass is 16.6. The molecule has 0 aliphatic carbocycles. The molecule has 1 amide bonds. The molecule has 5 heteroatoms. The first kappa shape index (κ1) is 19.5. The number of anilines is 1. The topological polar surface area (TPSA) is 50.8 Å². The molecule has 0 bridgehead atoms. The second-order valence-electron chi connectivity index (χ2n) is 8.05. The van der Waals surface area contributed by atoms with Gasteiger partial charge in [-0.25, -0.2) is 0 Å². The summed E-state index contributed by atoms with van der Waals surface area (Å²) in [5.74, 6) is 1.45. The summed E-state index contributed by atoms with van der Waals surface area (Å²) in [4.78, 5) is 14.8. The van der Waals surface area contributed by atoms with Gasteiger partial charge in [-0.2, -0.15) is 0 Å². The van der Waals surface area contributed by atoms with Gasteiger partial charge in [-0.15, -0.1) is 0 Å². The highest BCUT2D eigenvalue weighted by Gasteiger charge is 2.18. The Labute approximate surface area is 182 Å². The lowest BCUT2D eigenvalue weighted by Crippen LogP contribution is -2.24. The van der Waals surface area contributed by atoms with Gasteiger partial charge in [-0.1, -0.05) is 48.5 Å². The zero-order valence-corrected chi connectivity index (χ0v) is 17.5. The van der Waals surface area contributed by atoms with Gasteiger partial charge >= 0.3 is 0 Å². The molecule has 5 nitrogen and oxygen atoms in total. The summed E-state index contributed by atoms with van der Waals surface area (Å²) >= 11 is 0. The van der Waals surface area contributed by atoms with Crippen molar-refractivity contribution in [1.82, 2.24) is 5.32 Å². The first-order valence-corrected chi connectivity index (χ1v) is 10.8. The van der Waals surface area contributed by atoms with Crippen LogP contribution in [0.5, 0.6) is 11.5 Å². The summed E-state index contributed by atoms with van der Waals surface area (Å²) in [5.41, 5.74) is 6.07. The molecule has 31 heavy (non-hydrogen) atoms. The van der Waals surface area contributed by atoms with Crippen LogP contribution in [0, 0.1) is 0 Å². The first-order chi connectivity index (χ1) is 15.2. The van der Waals surface area contributed by atoms with E-state index in [4.69, 9.17) is 9.47 Å². The minimum atomic E-state index is -0.00516. The maximum atomic E-state index is 12.4. The molecule has 0 unspecified atom stereocenters. The molecule has 3 aromatic carbocycles. The first-order valence-electron chi connectivity index (χ1n) is 10.8. The molecule has 1 N–H and O–H groups in total. The van der Waals surface area contributed by atoms with Crippen LogP contribution in [-0.4, -0.2) is 25.7 Å². The van der Waals surface area contributed by atoms with Crippen LogP contribution in [0.4, 0.5) is 5.69 Å². The molecule has 2 heterocycles. The van der Waals surface area contributed by atoms with Crippen molar-refractivity contribution in [1.29, 1.82) is 0 Å². The molecule has 0 spiro atoms. The van der Waals surface area contributed by atoms with Crippen molar-refractivity contribution in [3.8, 4) is 11.5 Å². The van der Waals surface area contributed by atoms with Crippen molar-refractivity contribution in [2.45, 2.75) is 25.9 Å². The van der Waals surface area contributed by atoms with Crippen molar-refractivity contribution >= 4 is 11.6 Å². The highest BCUT2D eigenvalue weighted by molar-refractivity contribution is 5.78. The van der Waals surface area contributed by atoms with Gasteiger partial charge in [0.2, 0.25) is 5.91 Å². The third-order valence-corrected chi connectivity index (χ3v) is 5.84. The number of carbonyl (C=O) groups excluding carboxylic acids is 1. The summed E-state index contributed by atoms with van der Waals surface area (Å²) < 4.78 is 11.1. The van der Waals surface area contributed by atoms with Crippen molar-refractivity contribution < 1.29 is 14.3 Å². The number of fused-ring (bicyclic) bond motifs is 2. The molecule has 0 atom stereocenters. The third kappa shape index (κ3) is 4.50. The summed E-state index contributed by atoms with van der Waals surface area (Å²) in [6.45, 7) is 3.61. The van der Waals surface area contributed by atoms with Gasteiger partial charge in [0, 0.05) is 25.3 Å². The van der Waals surface area contributed by atoms with E-state index in [1.165, 1.54) is 16.8 Å². The van der Waals surface area contributed by atoms with E-state index in [9.17, 15) is 4.79 Å². The summed E-state index contributed by atoms with van der Waals surface area (Å²) in [6.07, 6.45) is 1.44. The normalized spacial score (nSPS) is 14.3. The van der Waals surface area contributed by atoms with Gasteiger partial charge in [-0.05, 0) is 46.9 Å². The lowest BCUT2D eigenvalue weighted by atomic mass is 10.1. The SMILES string of the molecule is O=C(Cc1ccc2c(c1)OCCO2)NCc1ccc(CN2CCc3ccccc32)cc1. The van der Waals surface area contributed by atoms with E-state index >= 15 is 0 Å². The Morgan fingerprint density at radius 1 is 0.871 bits per heavy atom. The van der Waals surface area contributed by atoms with E-state index in [-0.39, 0.29) is 5.91 Å². The molecule has 0 aromatic heterocycles. The van der Waals surface area contributed by atoms with Crippen LogP contribution in [0.1, 0.15) is 22.3 Å². The molecular formula is C26H26N2O3. The second kappa shape index (κ2) is 8.72. The number of nitrogens with one attached hydrogen (secondary N) is 1. The highest BCUT2D eigenvalue weighted by Crippen LogP contribution is 2.31. The van der Waals surface area contributed by atoms with Gasteiger partial charge in [0.25, 0.3) is 0 Å². The largest absolute Gasteiger partial charge is 0.486 e. The van der Waals surface area contributed by atoms with E-state index in [2.05, 4.69) is 58.7 Å². The van der Waals surface area contributed by atoms with E-state index in [1.54, 1.807) is 0 Å². The van der Waals surface area contributed by atoms with Crippen LogP contribution in [0.15, 0.2) is 66.7 Å². The van der Waals surface area contributed by atoms with Crippen LogP contribution in [0.25, 0.3) is 0 Å². The number of para-hydroxylation sites is 1. The van der Waals surface area contributed by atoms with Crippen molar-refractivity contribution in [2.24, 2.45) is 0 Å². The lowest BCUT2D eigenvalue weighted by Gasteiger charge is -2.19. The number of nitrogens with zero attached hydrogens (tertiary/aromatic N) is 1. The lowest BCUT2D eigenvalue weighted by molar-refractivity contribution is -0.120. The molecule has 158 valence electrons. The Hall–Kier alpha value is -3.47. The van der Waals surface area contributed by atoms with Gasteiger partial charge in [0.05, 0.1) is 6.42 Å². The Balaban J connectivity index is 1.13. The number of carbonyl (C=O) groups is 1. The fourth-order valence-electron chi connectivity index (χ4n) is 4.20. The Morgan fingerprint density at radius 3 is 2.48 bits per heavy atom. The molecule has 2 aliphatic rings. The fourth-order valence-corrected chi connectivity index (χ4v) is 4.20. The number of hydrogen-bond donors (Lipinski definition) is 1. The summed E-state index contributed by atoms with van der Waals surface area (Å²) in [5, 5.41) is 3.01. The van der Waals surface area contributed by atoms with E-state index in [0.29, 0.717) is 31.9 Å². The predicted molar refractivity (Wildman–Crippen MR) is 121 cm³/mol. The monoisotopic (exact) mass is 414 g/mol. The zero-order valence-electron chi connectivity index (χ0n) is 17.5. The number of amides is 1. The molecule has 5 rings (SSSR count). The molecular weight excluding hydrogens is 388 g/mol. The van der Waals surface area contributed by atoms with Crippen molar-refractivity contribution in [2.75, 3.05) is 24.7 Å². The third-order valence-electron chi connectivity index (χ3n) is 5.84. The smallest absolute Gasteiger partial charge is 0.224 e. The average molecular weight is 415 g/mol. The van der Waals surface area contributed by atoms with Crippen molar-refractivity contribution in [3.05, 3.63) is 89.0 Å². The standard InChI is InChI=1S/C26H26N2O3/c29-26(16-21-9-10-24-25(15-21)31-14-13-30-24)27-17-19-5-7-20(8-6-19)18-28-12-11-22-3-1-2-4-23(22)28/h1-10,15H,11-14,16-18H2,(H,27,29). The van der Waals surface area contributed by atoms with Crippen LogP contribution in [-0.2, 0) is 30.7 Å². The Kier molecular flexibility index (Phi) is 5.48. The molecule has 0 fully saturated rings. The Morgan fingerprint density at radius 2 is 1.61 bits per heavy atom. The van der Waals surface area contributed by atoms with Crippen LogP contribution < -0.4 is 19.7 Å². The van der Waals surface area contributed by atoms with Crippen LogP contribution >= 0.6 is 0 Å². The average Bonchev–Trinajstić information content (AvgIpc) is 3.21. The molecule has 2 aliphatic heterocycles. The maximum Gasteiger partial charge on any atom is 0.224 e. The van der Waals surface area contributed by atoms with Crippen LogP contribution in [0.3, 0.4) is 0 Å². The van der Waals surface area contributed by atoms with Gasteiger partial charge in [0.15, 0.2) is 11.5 Å². The Bertz CT molecular complexity index is 1080. The number of benzene rings is 3. The quantitative estimate of drug-likeness (QED) is 0.665. The minimum Gasteiger partial charge on any atom is -0.486 e. The number of ether oxygens (including phenoxy) is 2. The van der Waals surface area contributed by atoms with Gasteiger partial charge in [0.1, 0.15) is 13.2 Å². The van der Waals surface area contributed by atoms with Crippen molar-refractivity contribution in [3.63, 3.8) is 0 Å². The zero-order chi connectivity index (χ0) is 21.0. The van der Waals surface area contributed by atoms with E-state index in [0.717, 1.165) is 36.4 Å². The molecule has 0 saturated carbocycles. The second-order valence-corrected chi connectivity index (χ2v) is 8.05. The molecule has 3 aromatic rings. The summed E-state index contributed by atoms with van der Waals surface area (Å²) in [6, 6.07) is 22.8. The number of rotatable bonds is 6. The minimum absolute atomic E-state index is 0.00516. The molecule has 0 saturated heterocycles. The fraction of sp³-hybridized carbons (Fsp3) is 0.269. The van der Waals surface area contributed by atoms with E-state index in [1.807, 2.05) is 18.2 Å². The number of hydrogen-bond acceptors (Lipinski definition) is 4. The maximum absolute atomic E-state index is 12.4. The summed E-state index contributed by atoms with van der Waals surface area (Å²) in [7, 11) is 0. The van der Waals surface area contributed by atoms with Gasteiger partial charge in [-0.3, -0.25) is 4.79 Å². The molecule has 0 radical (unpaired) electrons. The predicted octanol–water partition coefficient (Wildman–Crippen LogP) is 3.88. The van der Waals surface area contributed by atoms with Crippen LogP contribution in [0.2, 0.25) is 0 Å². The van der Waals surface area contributed by atoms with Gasteiger partial charge < -0.3 is 19.7 Å². The van der Waals surface area contributed by atoms with E-state index < -0.39 is 0 Å².